The molecule has 0 saturated carbocycles. The van der Waals surface area contributed by atoms with Crippen molar-refractivity contribution in [3.8, 4) is 6.07 Å². The zero-order valence-corrected chi connectivity index (χ0v) is 5.69. The van der Waals surface area contributed by atoms with Crippen LogP contribution in [0.5, 0.6) is 0 Å². The first kappa shape index (κ1) is 9.02. The van der Waals surface area contributed by atoms with E-state index in [1.165, 1.54) is 6.07 Å². The monoisotopic (exact) mass is 147 g/mol. The van der Waals surface area contributed by atoms with Gasteiger partial charge in [-0.25, -0.2) is 0 Å². The summed E-state index contributed by atoms with van der Waals surface area (Å²) in [6, 6.07) is 1.44. The van der Waals surface area contributed by atoms with Crippen molar-refractivity contribution in [1.82, 2.24) is 0 Å². The van der Waals surface area contributed by atoms with Crippen LogP contribution in [0.3, 0.4) is 0 Å². The highest BCUT2D eigenvalue weighted by Gasteiger charge is 2.35. The molecule has 0 aliphatic carbocycles. The van der Waals surface area contributed by atoms with Crippen LogP contribution in [0, 0.1) is 17.2 Å². The normalized spacial score (nSPS) is 13.9. The molecule has 0 saturated heterocycles. The lowest BCUT2D eigenvalue weighted by Gasteiger charge is -2.08. The number of carbonyl (C=O) groups is 1. The molecule has 0 heterocycles. The smallest absolute Gasteiger partial charge is 0.291 e. The molecule has 0 rings (SSSR count). The Balaban J connectivity index is 4.27. The maximum atomic E-state index is 12.1. The van der Waals surface area contributed by atoms with Crippen molar-refractivity contribution >= 4 is 5.78 Å². The molecule has 0 aliphatic rings. The number of nitriles is 1. The van der Waals surface area contributed by atoms with E-state index >= 15 is 0 Å². The molecule has 4 heteroatoms. The summed E-state index contributed by atoms with van der Waals surface area (Å²) < 4.78 is 24.1. The number of alkyl halides is 2. The fourth-order valence-electron chi connectivity index (χ4n) is 0.439. The fraction of sp³-hybridized carbons (Fsp3) is 0.667. The highest BCUT2D eigenvalue weighted by molar-refractivity contribution is 5.88. The highest BCUT2D eigenvalue weighted by Crippen LogP contribution is 2.17. The van der Waals surface area contributed by atoms with Gasteiger partial charge in [-0.15, -0.1) is 0 Å². The third kappa shape index (κ3) is 2.09. The topological polar surface area (TPSA) is 40.9 Å². The van der Waals surface area contributed by atoms with Crippen LogP contribution in [-0.4, -0.2) is 11.7 Å². The molecule has 0 radical (unpaired) electrons. The Bertz CT molecular complexity index is 177. The molecule has 1 unspecified atom stereocenters. The number of Topliss-reactive ketones (excluding diaryl/α,β-unsaturated/α-hetero) is 1. The van der Waals surface area contributed by atoms with E-state index in [9.17, 15) is 13.6 Å². The summed E-state index contributed by atoms with van der Waals surface area (Å²) >= 11 is 0. The second-order valence-corrected chi connectivity index (χ2v) is 2.10. The SMILES string of the molecule is CC(C#N)C(=O)C(C)(F)F. The molecule has 0 aliphatic heterocycles. The second-order valence-electron chi connectivity index (χ2n) is 2.10. The predicted octanol–water partition coefficient (Wildman–Crippen LogP) is 1.37. The molecule has 0 N–H and O–H groups in total. The molecule has 0 aromatic carbocycles. The number of hydrogen-bond acceptors (Lipinski definition) is 2. The minimum absolute atomic E-state index is 0.489. The first-order valence-corrected chi connectivity index (χ1v) is 2.71. The number of ketones is 1. The molecule has 0 bridgehead atoms. The standard InChI is InChI=1S/C6H7F2NO/c1-4(3-9)5(10)6(2,7)8/h4H,1-2H3. The molecule has 0 fully saturated rings. The number of halogens is 2. The van der Waals surface area contributed by atoms with Gasteiger partial charge < -0.3 is 0 Å². The lowest BCUT2D eigenvalue weighted by Crippen LogP contribution is -2.29. The van der Waals surface area contributed by atoms with Crippen LogP contribution in [0.25, 0.3) is 0 Å². The molecule has 0 amide bonds. The third-order valence-corrected chi connectivity index (χ3v) is 1.02. The van der Waals surface area contributed by atoms with E-state index in [4.69, 9.17) is 5.26 Å². The number of carbonyl (C=O) groups excluding carboxylic acids is 1. The van der Waals surface area contributed by atoms with Crippen LogP contribution in [-0.2, 0) is 4.79 Å². The van der Waals surface area contributed by atoms with Crippen molar-refractivity contribution in [2.75, 3.05) is 0 Å². The Hall–Kier alpha value is -0.980. The van der Waals surface area contributed by atoms with E-state index in [0.29, 0.717) is 6.92 Å². The Kier molecular flexibility index (Phi) is 2.47. The molecule has 56 valence electrons. The summed E-state index contributed by atoms with van der Waals surface area (Å²) in [7, 11) is 0. The molecular formula is C6H7F2NO. The van der Waals surface area contributed by atoms with Crippen molar-refractivity contribution in [3.05, 3.63) is 0 Å². The third-order valence-electron chi connectivity index (χ3n) is 1.02. The quantitative estimate of drug-likeness (QED) is 0.591. The van der Waals surface area contributed by atoms with E-state index < -0.39 is 17.6 Å². The van der Waals surface area contributed by atoms with Crippen molar-refractivity contribution < 1.29 is 13.6 Å². The van der Waals surface area contributed by atoms with Crippen LogP contribution in [0.4, 0.5) is 8.78 Å². The van der Waals surface area contributed by atoms with Gasteiger partial charge in [0.15, 0.2) is 0 Å². The summed E-state index contributed by atoms with van der Waals surface area (Å²) in [5.74, 6) is -5.93. The largest absolute Gasteiger partial charge is 0.303 e. The highest BCUT2D eigenvalue weighted by atomic mass is 19.3. The van der Waals surface area contributed by atoms with Gasteiger partial charge in [0.1, 0.15) is 5.92 Å². The minimum Gasteiger partial charge on any atom is -0.291 e. The average Bonchev–Trinajstić information content (AvgIpc) is 1.83. The van der Waals surface area contributed by atoms with Crippen LogP contribution < -0.4 is 0 Å². The maximum Gasteiger partial charge on any atom is 0.303 e. The lowest BCUT2D eigenvalue weighted by molar-refractivity contribution is -0.142. The van der Waals surface area contributed by atoms with Gasteiger partial charge in [0.05, 0.1) is 6.07 Å². The van der Waals surface area contributed by atoms with E-state index in [1.807, 2.05) is 0 Å². The van der Waals surface area contributed by atoms with Gasteiger partial charge in [-0.2, -0.15) is 14.0 Å². The average molecular weight is 147 g/mol. The Morgan fingerprint density at radius 3 is 2.20 bits per heavy atom. The second kappa shape index (κ2) is 2.74. The van der Waals surface area contributed by atoms with Crippen molar-refractivity contribution in [2.24, 2.45) is 5.92 Å². The summed E-state index contributed by atoms with van der Waals surface area (Å²) in [6.07, 6.45) is 0. The maximum absolute atomic E-state index is 12.1. The molecule has 0 aromatic rings. The molecule has 1 atom stereocenters. The first-order chi connectivity index (χ1) is 4.39. The van der Waals surface area contributed by atoms with Crippen LogP contribution in [0.2, 0.25) is 0 Å². The fourth-order valence-corrected chi connectivity index (χ4v) is 0.439. The van der Waals surface area contributed by atoms with Gasteiger partial charge in [0, 0.05) is 6.92 Å². The Morgan fingerprint density at radius 2 is 2.10 bits per heavy atom. The van der Waals surface area contributed by atoms with Gasteiger partial charge in [-0.1, -0.05) is 0 Å². The van der Waals surface area contributed by atoms with Crippen molar-refractivity contribution in [1.29, 1.82) is 5.26 Å². The van der Waals surface area contributed by atoms with Crippen LogP contribution >= 0.6 is 0 Å². The number of rotatable bonds is 2. The summed E-state index contributed by atoms with van der Waals surface area (Å²) in [5, 5.41) is 8.06. The summed E-state index contributed by atoms with van der Waals surface area (Å²) in [5.41, 5.74) is 0. The van der Waals surface area contributed by atoms with Gasteiger partial charge in [0.25, 0.3) is 0 Å². The van der Waals surface area contributed by atoms with Crippen molar-refractivity contribution in [3.63, 3.8) is 0 Å². The molecule has 2 nitrogen and oxygen atoms in total. The number of hydrogen-bond donors (Lipinski definition) is 0. The zero-order chi connectivity index (χ0) is 8.36. The van der Waals surface area contributed by atoms with E-state index in [-0.39, 0.29) is 0 Å². The number of nitrogens with zero attached hydrogens (tertiary/aromatic N) is 1. The zero-order valence-electron chi connectivity index (χ0n) is 5.69. The van der Waals surface area contributed by atoms with Gasteiger partial charge >= 0.3 is 5.92 Å². The first-order valence-electron chi connectivity index (χ1n) is 2.71. The minimum atomic E-state index is -3.38. The van der Waals surface area contributed by atoms with E-state index in [2.05, 4.69) is 0 Å². The predicted molar refractivity (Wildman–Crippen MR) is 30.4 cm³/mol. The van der Waals surface area contributed by atoms with Gasteiger partial charge in [-0.05, 0) is 6.92 Å². The Morgan fingerprint density at radius 1 is 1.70 bits per heavy atom. The van der Waals surface area contributed by atoms with Crippen LogP contribution in [0.15, 0.2) is 0 Å². The van der Waals surface area contributed by atoms with Gasteiger partial charge in [0.2, 0.25) is 5.78 Å². The summed E-state index contributed by atoms with van der Waals surface area (Å²) in [4.78, 5) is 10.4. The molecular weight excluding hydrogens is 140 g/mol. The Labute approximate surface area is 57.4 Å². The summed E-state index contributed by atoms with van der Waals surface area (Å²) in [6.45, 7) is 1.64. The van der Waals surface area contributed by atoms with E-state index in [0.717, 1.165) is 6.92 Å². The van der Waals surface area contributed by atoms with Crippen LogP contribution in [0.1, 0.15) is 13.8 Å². The lowest BCUT2D eigenvalue weighted by atomic mass is 10.0. The van der Waals surface area contributed by atoms with Gasteiger partial charge in [-0.3, -0.25) is 4.79 Å². The molecule has 0 aromatic heterocycles. The van der Waals surface area contributed by atoms with E-state index in [1.54, 1.807) is 0 Å². The molecule has 0 spiro atoms. The molecule has 10 heavy (non-hydrogen) atoms. The van der Waals surface area contributed by atoms with Crippen molar-refractivity contribution in [2.45, 2.75) is 19.8 Å².